The van der Waals surface area contributed by atoms with E-state index in [9.17, 15) is 9.59 Å². The summed E-state index contributed by atoms with van der Waals surface area (Å²) >= 11 is 1.30. The number of carbonyl (C=O) groups is 1. The van der Waals surface area contributed by atoms with Crippen LogP contribution in [0.4, 0.5) is 5.69 Å². The van der Waals surface area contributed by atoms with E-state index in [0.717, 1.165) is 37.6 Å². The van der Waals surface area contributed by atoms with E-state index >= 15 is 0 Å². The molecule has 0 bridgehead atoms. The first-order valence-electron chi connectivity index (χ1n) is 8.73. The Bertz CT molecular complexity index is 943. The van der Waals surface area contributed by atoms with Crippen LogP contribution in [0.5, 0.6) is 0 Å². The third-order valence-electron chi connectivity index (χ3n) is 4.25. The number of rotatable bonds is 3. The lowest BCUT2D eigenvalue weighted by atomic mass is 9.91. The number of Topliss-reactive ketones (excluding diaryl/α,β-unsaturated/α-hetero) is 1. The fourth-order valence-electron chi connectivity index (χ4n) is 2.61. The quantitative estimate of drug-likeness (QED) is 0.887. The Balaban J connectivity index is 1.85. The SMILES string of the molecule is CC(C)(C)C(=O)/C=c1\[nH]c(=O)/c(=C\c2ccc(N3CCOCC3)cc2)s1. The van der Waals surface area contributed by atoms with Crippen molar-refractivity contribution in [2.45, 2.75) is 20.8 Å². The van der Waals surface area contributed by atoms with Gasteiger partial charge in [0.1, 0.15) is 0 Å². The normalized spacial score (nSPS) is 17.0. The minimum absolute atomic E-state index is 0.00332. The molecular formula is C20H24N2O3S. The fourth-order valence-corrected chi connectivity index (χ4v) is 3.50. The van der Waals surface area contributed by atoms with Crippen LogP contribution < -0.4 is 19.7 Å². The molecule has 138 valence electrons. The summed E-state index contributed by atoms with van der Waals surface area (Å²) in [7, 11) is 0. The largest absolute Gasteiger partial charge is 0.378 e. The van der Waals surface area contributed by atoms with Crippen molar-refractivity contribution in [3.05, 3.63) is 49.4 Å². The van der Waals surface area contributed by atoms with Crippen molar-refractivity contribution in [3.63, 3.8) is 0 Å². The van der Waals surface area contributed by atoms with E-state index in [1.165, 1.54) is 17.4 Å². The second kappa shape index (κ2) is 7.60. The third-order valence-corrected chi connectivity index (χ3v) is 5.21. The molecule has 0 amide bonds. The number of nitrogens with zero attached hydrogens (tertiary/aromatic N) is 1. The number of carbonyl (C=O) groups excluding carboxylic acids is 1. The summed E-state index contributed by atoms with van der Waals surface area (Å²) in [6, 6.07) is 8.14. The van der Waals surface area contributed by atoms with Crippen molar-refractivity contribution in [2.24, 2.45) is 5.41 Å². The molecule has 2 heterocycles. The van der Waals surface area contributed by atoms with Crippen molar-refractivity contribution >= 4 is 35.0 Å². The molecule has 0 saturated carbocycles. The average molecular weight is 372 g/mol. The molecule has 0 spiro atoms. The molecule has 0 radical (unpaired) electrons. The molecule has 0 aliphatic carbocycles. The first-order valence-corrected chi connectivity index (χ1v) is 9.54. The molecule has 1 aromatic heterocycles. The highest BCUT2D eigenvalue weighted by molar-refractivity contribution is 7.07. The highest BCUT2D eigenvalue weighted by Crippen LogP contribution is 2.17. The number of morpholine rings is 1. The molecule has 1 saturated heterocycles. The van der Waals surface area contributed by atoms with E-state index in [-0.39, 0.29) is 11.3 Å². The number of nitrogens with one attached hydrogen (secondary N) is 1. The lowest BCUT2D eigenvalue weighted by Gasteiger charge is -2.28. The van der Waals surface area contributed by atoms with Crippen molar-refractivity contribution in [1.29, 1.82) is 0 Å². The molecule has 1 aliphatic heterocycles. The predicted octanol–water partition coefficient (Wildman–Crippen LogP) is 1.50. The molecule has 2 aromatic rings. The number of aromatic amines is 1. The predicted molar refractivity (Wildman–Crippen MR) is 106 cm³/mol. The van der Waals surface area contributed by atoms with Gasteiger partial charge in [-0.3, -0.25) is 9.59 Å². The smallest absolute Gasteiger partial charge is 0.266 e. The van der Waals surface area contributed by atoms with E-state index in [1.807, 2.05) is 39.0 Å². The number of hydrogen-bond acceptors (Lipinski definition) is 5. The van der Waals surface area contributed by atoms with Gasteiger partial charge in [0, 0.05) is 30.3 Å². The van der Waals surface area contributed by atoms with Gasteiger partial charge in [0.2, 0.25) is 0 Å². The van der Waals surface area contributed by atoms with Crippen molar-refractivity contribution in [3.8, 4) is 0 Å². The summed E-state index contributed by atoms with van der Waals surface area (Å²) in [5, 5.41) is 0. The lowest BCUT2D eigenvalue weighted by molar-refractivity contribution is -0.119. The van der Waals surface area contributed by atoms with E-state index in [2.05, 4.69) is 22.0 Å². The van der Waals surface area contributed by atoms with Crippen LogP contribution in [-0.4, -0.2) is 37.1 Å². The third kappa shape index (κ3) is 4.51. The number of hydrogen-bond donors (Lipinski definition) is 1. The summed E-state index contributed by atoms with van der Waals surface area (Å²) in [4.78, 5) is 29.3. The van der Waals surface area contributed by atoms with Crippen molar-refractivity contribution in [1.82, 2.24) is 4.98 Å². The van der Waals surface area contributed by atoms with Crippen LogP contribution >= 0.6 is 11.3 Å². The Morgan fingerprint density at radius 3 is 2.46 bits per heavy atom. The highest BCUT2D eigenvalue weighted by Gasteiger charge is 2.18. The summed E-state index contributed by atoms with van der Waals surface area (Å²) in [5.74, 6) is -0.00332. The fraction of sp³-hybridized carbons (Fsp3) is 0.400. The van der Waals surface area contributed by atoms with E-state index in [0.29, 0.717) is 9.20 Å². The maximum Gasteiger partial charge on any atom is 0.266 e. The Kier molecular flexibility index (Phi) is 5.44. The topological polar surface area (TPSA) is 62.4 Å². The maximum atomic E-state index is 12.2. The van der Waals surface area contributed by atoms with Crippen LogP contribution in [0.15, 0.2) is 29.1 Å². The van der Waals surface area contributed by atoms with Gasteiger partial charge in [0.05, 0.1) is 22.4 Å². The van der Waals surface area contributed by atoms with Crippen LogP contribution in [0.2, 0.25) is 0 Å². The molecule has 6 heteroatoms. The molecule has 1 N–H and O–H groups in total. The van der Waals surface area contributed by atoms with Gasteiger partial charge in [0.15, 0.2) is 5.78 Å². The second-order valence-corrected chi connectivity index (χ2v) is 8.46. The summed E-state index contributed by atoms with van der Waals surface area (Å²) in [6.45, 7) is 8.89. The summed E-state index contributed by atoms with van der Waals surface area (Å²) in [5.41, 5.74) is 1.50. The van der Waals surface area contributed by atoms with Crippen LogP contribution in [0.1, 0.15) is 26.3 Å². The molecule has 1 aliphatic rings. The van der Waals surface area contributed by atoms with Gasteiger partial charge >= 0.3 is 0 Å². The average Bonchev–Trinajstić information content (AvgIpc) is 2.94. The Labute approximate surface area is 156 Å². The number of benzene rings is 1. The zero-order chi connectivity index (χ0) is 18.7. The van der Waals surface area contributed by atoms with E-state index < -0.39 is 5.41 Å². The Hall–Kier alpha value is -2.18. The molecule has 0 unspecified atom stereocenters. The lowest BCUT2D eigenvalue weighted by Crippen LogP contribution is -2.36. The number of ether oxygens (including phenoxy) is 1. The molecule has 26 heavy (non-hydrogen) atoms. The van der Waals surface area contributed by atoms with Crippen molar-refractivity contribution < 1.29 is 9.53 Å². The number of ketones is 1. The zero-order valence-electron chi connectivity index (χ0n) is 15.4. The van der Waals surface area contributed by atoms with Crippen LogP contribution in [0.3, 0.4) is 0 Å². The van der Waals surface area contributed by atoms with E-state index in [1.54, 1.807) is 0 Å². The summed E-state index contributed by atoms with van der Waals surface area (Å²) in [6.07, 6.45) is 3.37. The van der Waals surface area contributed by atoms with Gasteiger partial charge in [-0.1, -0.05) is 32.9 Å². The molecule has 3 rings (SSSR count). The Morgan fingerprint density at radius 1 is 1.19 bits per heavy atom. The minimum Gasteiger partial charge on any atom is -0.378 e. The van der Waals surface area contributed by atoms with Gasteiger partial charge in [-0.25, -0.2) is 0 Å². The Morgan fingerprint density at radius 2 is 1.85 bits per heavy atom. The first-order chi connectivity index (χ1) is 12.3. The van der Waals surface area contributed by atoms with Gasteiger partial charge < -0.3 is 14.6 Å². The van der Waals surface area contributed by atoms with Gasteiger partial charge in [0.25, 0.3) is 5.56 Å². The van der Waals surface area contributed by atoms with Gasteiger partial charge in [-0.05, 0) is 23.8 Å². The molecule has 1 fully saturated rings. The summed E-state index contributed by atoms with van der Waals surface area (Å²) < 4.78 is 6.56. The van der Waals surface area contributed by atoms with Crippen LogP contribution in [0, 0.1) is 5.41 Å². The van der Waals surface area contributed by atoms with Crippen molar-refractivity contribution in [2.75, 3.05) is 31.2 Å². The molecule has 5 nitrogen and oxygen atoms in total. The second-order valence-electron chi connectivity index (χ2n) is 7.38. The van der Waals surface area contributed by atoms with Gasteiger partial charge in [-0.15, -0.1) is 11.3 Å². The molecule has 1 aromatic carbocycles. The number of anilines is 1. The minimum atomic E-state index is -0.458. The van der Waals surface area contributed by atoms with E-state index in [4.69, 9.17) is 4.74 Å². The number of aromatic nitrogens is 1. The molecular weight excluding hydrogens is 348 g/mol. The molecule has 0 atom stereocenters. The number of thiazole rings is 1. The maximum absolute atomic E-state index is 12.2. The monoisotopic (exact) mass is 372 g/mol. The zero-order valence-corrected chi connectivity index (χ0v) is 16.2. The van der Waals surface area contributed by atoms with Crippen LogP contribution in [0.25, 0.3) is 12.2 Å². The number of H-pyrrole nitrogens is 1. The highest BCUT2D eigenvalue weighted by atomic mass is 32.1. The standard InChI is InChI=1S/C20H24N2O3S/c1-20(2,3)17(23)13-18-21-19(24)16(26-18)12-14-4-6-15(7-5-14)22-8-10-25-11-9-22/h4-7,12-13H,8-11H2,1-3H3,(H,21,24)/b16-12+,18-13+. The first kappa shape index (κ1) is 18.6. The van der Waals surface area contributed by atoms with Gasteiger partial charge in [-0.2, -0.15) is 0 Å². The van der Waals surface area contributed by atoms with Crippen LogP contribution in [-0.2, 0) is 9.53 Å².